The third kappa shape index (κ3) is 5.20. The summed E-state index contributed by atoms with van der Waals surface area (Å²) < 4.78 is 4.90. The highest BCUT2D eigenvalue weighted by Gasteiger charge is 2.22. The minimum atomic E-state index is 0.860. The van der Waals surface area contributed by atoms with Crippen molar-refractivity contribution >= 4 is 76.2 Å². The molecule has 10 aromatic carbocycles. The SMILES string of the molecule is c1ccc(-c2nc3cccc(-c4cccc(-n5c6cc7c(cc6c6c8ccccc8ccc65)c5c6ccccc6ccc5n7-c5ccccc5)c4)c3nc2-c2ccccc2)cc1. The maximum Gasteiger partial charge on any atom is 0.0973 e. The summed E-state index contributed by atoms with van der Waals surface area (Å²) in [5.41, 5.74) is 14.6. The van der Waals surface area contributed by atoms with Crippen molar-refractivity contribution in [2.45, 2.75) is 0 Å². The summed E-state index contributed by atoms with van der Waals surface area (Å²) in [7, 11) is 0. The predicted molar refractivity (Wildman–Crippen MR) is 260 cm³/mol. The Morgan fingerprint density at radius 2 is 0.806 bits per heavy atom. The molecule has 0 amide bonds. The molecular formula is C58H36N4. The lowest BCUT2D eigenvalue weighted by atomic mass is 10.0. The van der Waals surface area contributed by atoms with E-state index < -0.39 is 0 Å². The minimum Gasteiger partial charge on any atom is -0.309 e. The summed E-state index contributed by atoms with van der Waals surface area (Å²) in [4.78, 5) is 10.8. The van der Waals surface area contributed by atoms with Crippen LogP contribution in [0.2, 0.25) is 0 Å². The molecular weight excluding hydrogens is 753 g/mol. The number of nitrogens with zero attached hydrogens (tertiary/aromatic N) is 4. The summed E-state index contributed by atoms with van der Waals surface area (Å²) in [5.74, 6) is 0. The second kappa shape index (κ2) is 13.6. The third-order valence-corrected chi connectivity index (χ3v) is 12.6. The Kier molecular flexibility index (Phi) is 7.57. The van der Waals surface area contributed by atoms with Gasteiger partial charge in [-0.2, -0.15) is 0 Å². The Morgan fingerprint density at radius 1 is 0.306 bits per heavy atom. The van der Waals surface area contributed by atoms with Crippen LogP contribution < -0.4 is 0 Å². The van der Waals surface area contributed by atoms with Crippen molar-refractivity contribution in [2.24, 2.45) is 0 Å². The number of rotatable bonds is 5. The topological polar surface area (TPSA) is 35.6 Å². The smallest absolute Gasteiger partial charge is 0.0973 e. The van der Waals surface area contributed by atoms with E-state index in [2.05, 4.69) is 215 Å². The lowest BCUT2D eigenvalue weighted by molar-refractivity contribution is 1.17. The maximum absolute atomic E-state index is 5.47. The van der Waals surface area contributed by atoms with Gasteiger partial charge in [-0.15, -0.1) is 0 Å². The number of aromatic nitrogens is 4. The Labute approximate surface area is 357 Å². The second-order valence-corrected chi connectivity index (χ2v) is 16.1. The number of benzene rings is 10. The molecule has 3 heterocycles. The van der Waals surface area contributed by atoms with Crippen LogP contribution in [0.1, 0.15) is 0 Å². The average Bonchev–Trinajstić information content (AvgIpc) is 3.86. The molecule has 288 valence electrons. The summed E-state index contributed by atoms with van der Waals surface area (Å²) in [6, 6.07) is 78.4. The Morgan fingerprint density at radius 3 is 1.44 bits per heavy atom. The molecule has 0 saturated carbocycles. The van der Waals surface area contributed by atoms with Crippen LogP contribution in [0, 0.1) is 0 Å². The molecule has 62 heavy (non-hydrogen) atoms. The van der Waals surface area contributed by atoms with Crippen LogP contribution in [-0.4, -0.2) is 19.1 Å². The first-order valence-electron chi connectivity index (χ1n) is 21.2. The maximum atomic E-state index is 5.47. The van der Waals surface area contributed by atoms with Crippen molar-refractivity contribution in [1.29, 1.82) is 0 Å². The van der Waals surface area contributed by atoms with Gasteiger partial charge in [0.1, 0.15) is 0 Å². The van der Waals surface area contributed by atoms with Gasteiger partial charge in [0.25, 0.3) is 0 Å². The van der Waals surface area contributed by atoms with Gasteiger partial charge in [-0.25, -0.2) is 9.97 Å². The van der Waals surface area contributed by atoms with E-state index >= 15 is 0 Å². The van der Waals surface area contributed by atoms with E-state index in [0.29, 0.717) is 0 Å². The van der Waals surface area contributed by atoms with Gasteiger partial charge in [-0.1, -0.05) is 164 Å². The van der Waals surface area contributed by atoms with Crippen LogP contribution in [0.15, 0.2) is 218 Å². The molecule has 13 aromatic rings. The fourth-order valence-electron chi connectivity index (χ4n) is 9.92. The predicted octanol–water partition coefficient (Wildman–Crippen LogP) is 15.1. The van der Waals surface area contributed by atoms with E-state index in [0.717, 1.165) is 61.6 Å². The minimum absolute atomic E-state index is 0.860. The van der Waals surface area contributed by atoms with Crippen molar-refractivity contribution in [3.63, 3.8) is 0 Å². The zero-order chi connectivity index (χ0) is 40.7. The summed E-state index contributed by atoms with van der Waals surface area (Å²) >= 11 is 0. The Hall–Kier alpha value is -8.34. The second-order valence-electron chi connectivity index (χ2n) is 16.1. The lowest BCUT2D eigenvalue weighted by Crippen LogP contribution is -1.98. The zero-order valence-corrected chi connectivity index (χ0v) is 33.6. The largest absolute Gasteiger partial charge is 0.309 e. The van der Waals surface area contributed by atoms with Crippen LogP contribution >= 0.6 is 0 Å². The molecule has 4 heteroatoms. The van der Waals surface area contributed by atoms with Crippen LogP contribution in [-0.2, 0) is 0 Å². The lowest BCUT2D eigenvalue weighted by Gasteiger charge is -2.14. The van der Waals surface area contributed by atoms with Gasteiger partial charge < -0.3 is 9.13 Å². The van der Waals surface area contributed by atoms with Crippen LogP contribution in [0.3, 0.4) is 0 Å². The van der Waals surface area contributed by atoms with Crippen molar-refractivity contribution in [3.8, 4) is 45.0 Å². The van der Waals surface area contributed by atoms with Crippen LogP contribution in [0.5, 0.6) is 0 Å². The van der Waals surface area contributed by atoms with Crippen molar-refractivity contribution in [2.75, 3.05) is 0 Å². The summed E-state index contributed by atoms with van der Waals surface area (Å²) in [6.07, 6.45) is 0. The van der Waals surface area contributed by atoms with Gasteiger partial charge in [0.2, 0.25) is 0 Å². The van der Waals surface area contributed by atoms with E-state index in [9.17, 15) is 0 Å². The Bertz CT molecular complexity index is 3900. The van der Waals surface area contributed by atoms with Gasteiger partial charge in [0.15, 0.2) is 0 Å². The normalized spacial score (nSPS) is 11.9. The molecule has 0 bridgehead atoms. The van der Waals surface area contributed by atoms with Gasteiger partial charge in [-0.05, 0) is 81.7 Å². The van der Waals surface area contributed by atoms with Crippen molar-refractivity contribution in [1.82, 2.24) is 19.1 Å². The molecule has 0 radical (unpaired) electrons. The van der Waals surface area contributed by atoms with E-state index in [1.165, 1.54) is 59.6 Å². The molecule has 0 aliphatic heterocycles. The number of para-hydroxylation sites is 2. The number of hydrogen-bond acceptors (Lipinski definition) is 2. The highest BCUT2D eigenvalue weighted by molar-refractivity contribution is 6.28. The molecule has 0 aliphatic carbocycles. The van der Waals surface area contributed by atoms with E-state index in [1.807, 2.05) is 12.1 Å². The molecule has 0 N–H and O–H groups in total. The first-order chi connectivity index (χ1) is 30.8. The fraction of sp³-hybridized carbons (Fsp3) is 0. The molecule has 4 nitrogen and oxygen atoms in total. The molecule has 0 atom stereocenters. The van der Waals surface area contributed by atoms with Crippen LogP contribution in [0.4, 0.5) is 0 Å². The van der Waals surface area contributed by atoms with E-state index in [-0.39, 0.29) is 0 Å². The van der Waals surface area contributed by atoms with Gasteiger partial charge in [0, 0.05) is 49.6 Å². The van der Waals surface area contributed by atoms with E-state index in [1.54, 1.807) is 0 Å². The first-order valence-corrected chi connectivity index (χ1v) is 21.2. The first kappa shape index (κ1) is 34.5. The number of hydrogen-bond donors (Lipinski definition) is 0. The highest BCUT2D eigenvalue weighted by Crippen LogP contribution is 2.44. The number of fused-ring (bicyclic) bond motifs is 11. The van der Waals surface area contributed by atoms with Crippen LogP contribution in [0.25, 0.3) is 121 Å². The highest BCUT2D eigenvalue weighted by atomic mass is 15.0. The average molecular weight is 789 g/mol. The molecule has 0 spiro atoms. The molecule has 0 aliphatic rings. The van der Waals surface area contributed by atoms with Gasteiger partial charge >= 0.3 is 0 Å². The Balaban J connectivity index is 1.10. The van der Waals surface area contributed by atoms with Gasteiger partial charge in [0.05, 0.1) is 44.5 Å². The fourth-order valence-corrected chi connectivity index (χ4v) is 9.92. The zero-order valence-electron chi connectivity index (χ0n) is 33.6. The molecule has 13 rings (SSSR count). The monoisotopic (exact) mass is 788 g/mol. The standard InChI is InChI=1S/C58H36N4/c1-4-18-39(19-5-1)56-57(40-20-6-2-7-21-40)60-58-46(28-15-29-49(58)59-56)41-22-14-25-43(34-41)62-51-33-31-38-17-11-13-27-45(38)55(51)48-35-47-52(36-53(48)62)61(42-23-8-3-9-24-42)50-32-30-37-16-10-12-26-44(37)54(47)50/h1-36H. The molecule has 0 fully saturated rings. The van der Waals surface area contributed by atoms with E-state index in [4.69, 9.17) is 9.97 Å². The van der Waals surface area contributed by atoms with Gasteiger partial charge in [-0.3, -0.25) is 0 Å². The molecule has 0 unspecified atom stereocenters. The molecule has 0 saturated heterocycles. The summed E-state index contributed by atoms with van der Waals surface area (Å²) in [6.45, 7) is 0. The third-order valence-electron chi connectivity index (χ3n) is 12.6. The van der Waals surface area contributed by atoms with Crippen molar-refractivity contribution < 1.29 is 0 Å². The summed E-state index contributed by atoms with van der Waals surface area (Å²) in [5, 5.41) is 9.96. The quantitative estimate of drug-likeness (QED) is 0.174. The molecule has 3 aromatic heterocycles. The van der Waals surface area contributed by atoms with Crippen molar-refractivity contribution in [3.05, 3.63) is 218 Å².